The van der Waals surface area contributed by atoms with Crippen molar-refractivity contribution >= 4 is 0 Å². The van der Waals surface area contributed by atoms with Crippen molar-refractivity contribution in [2.75, 3.05) is 20.1 Å². The van der Waals surface area contributed by atoms with E-state index in [0.29, 0.717) is 0 Å². The molecule has 1 N–H and O–H groups in total. The Balaban J connectivity index is 1.89. The van der Waals surface area contributed by atoms with Gasteiger partial charge >= 0.3 is 0 Å². The topological polar surface area (TPSA) is 15.3 Å². The number of nitrogens with zero attached hydrogens (tertiary/aromatic N) is 1. The Morgan fingerprint density at radius 1 is 1.00 bits per heavy atom. The molecule has 1 aliphatic heterocycles. The van der Waals surface area contributed by atoms with Crippen molar-refractivity contribution in [2.45, 2.75) is 57.5 Å². The van der Waals surface area contributed by atoms with Gasteiger partial charge in [-0.05, 0) is 51.7 Å². The quantitative estimate of drug-likeness (QED) is 0.752. The third kappa shape index (κ3) is 2.73. The van der Waals surface area contributed by atoms with Crippen LogP contribution in [0.15, 0.2) is 0 Å². The van der Waals surface area contributed by atoms with Gasteiger partial charge in [-0.2, -0.15) is 0 Å². The average molecular weight is 210 g/mol. The van der Waals surface area contributed by atoms with Crippen molar-refractivity contribution in [3.8, 4) is 0 Å². The van der Waals surface area contributed by atoms with Gasteiger partial charge in [-0.15, -0.1) is 0 Å². The van der Waals surface area contributed by atoms with Gasteiger partial charge in [0, 0.05) is 12.1 Å². The highest BCUT2D eigenvalue weighted by atomic mass is 15.2. The molecule has 0 radical (unpaired) electrons. The summed E-state index contributed by atoms with van der Waals surface area (Å²) in [5, 5.41) is 3.46. The molecule has 2 heteroatoms. The normalized spacial score (nSPS) is 34.6. The SMILES string of the molecule is C[C@@H]1CCCC[C@@H]1N(C)C1CCNCC1. The minimum atomic E-state index is 0.844. The van der Waals surface area contributed by atoms with Crippen LogP contribution in [-0.4, -0.2) is 37.1 Å². The van der Waals surface area contributed by atoms with Crippen molar-refractivity contribution in [3.05, 3.63) is 0 Å². The standard InChI is InChI=1S/C13H26N2/c1-11-5-3-4-6-13(11)15(2)12-7-9-14-10-8-12/h11-14H,3-10H2,1-2H3/t11-,13+/m1/s1. The van der Waals surface area contributed by atoms with Crippen molar-refractivity contribution in [1.29, 1.82) is 0 Å². The molecule has 1 heterocycles. The van der Waals surface area contributed by atoms with Gasteiger partial charge in [-0.1, -0.05) is 19.8 Å². The molecule has 0 amide bonds. The van der Waals surface area contributed by atoms with Crippen LogP contribution in [0.5, 0.6) is 0 Å². The molecule has 0 aromatic carbocycles. The Bertz CT molecular complexity index is 187. The Kier molecular flexibility index (Phi) is 4.04. The van der Waals surface area contributed by atoms with Crippen LogP contribution >= 0.6 is 0 Å². The van der Waals surface area contributed by atoms with E-state index in [2.05, 4.69) is 24.2 Å². The van der Waals surface area contributed by atoms with Gasteiger partial charge in [0.15, 0.2) is 0 Å². The first-order valence-electron chi connectivity index (χ1n) is 6.71. The summed E-state index contributed by atoms with van der Waals surface area (Å²) in [6, 6.07) is 1.71. The van der Waals surface area contributed by atoms with E-state index >= 15 is 0 Å². The summed E-state index contributed by atoms with van der Waals surface area (Å²) in [6.45, 7) is 4.88. The van der Waals surface area contributed by atoms with Crippen LogP contribution in [0.1, 0.15) is 45.4 Å². The first-order valence-corrected chi connectivity index (χ1v) is 6.71. The largest absolute Gasteiger partial charge is 0.317 e. The summed E-state index contributed by atoms with van der Waals surface area (Å²) in [7, 11) is 2.36. The van der Waals surface area contributed by atoms with Gasteiger partial charge in [-0.25, -0.2) is 0 Å². The second-order valence-corrected chi connectivity index (χ2v) is 5.48. The molecule has 0 aromatic heterocycles. The smallest absolute Gasteiger partial charge is 0.0121 e. The fraction of sp³-hybridized carbons (Fsp3) is 1.00. The second-order valence-electron chi connectivity index (χ2n) is 5.48. The van der Waals surface area contributed by atoms with Crippen LogP contribution in [0.25, 0.3) is 0 Å². The van der Waals surface area contributed by atoms with Crippen LogP contribution in [0.3, 0.4) is 0 Å². The zero-order valence-electron chi connectivity index (χ0n) is 10.3. The molecule has 2 rings (SSSR count). The average Bonchev–Trinajstić information content (AvgIpc) is 2.30. The number of piperidine rings is 1. The maximum atomic E-state index is 3.46. The van der Waals surface area contributed by atoms with E-state index < -0.39 is 0 Å². The summed E-state index contributed by atoms with van der Waals surface area (Å²) in [5.74, 6) is 0.915. The summed E-state index contributed by atoms with van der Waals surface area (Å²) < 4.78 is 0. The molecule has 1 saturated heterocycles. The molecule has 2 aliphatic rings. The summed E-state index contributed by atoms with van der Waals surface area (Å²) in [4.78, 5) is 2.70. The summed E-state index contributed by atoms with van der Waals surface area (Å²) in [5.41, 5.74) is 0. The maximum absolute atomic E-state index is 3.46. The van der Waals surface area contributed by atoms with Gasteiger partial charge in [0.1, 0.15) is 0 Å². The summed E-state index contributed by atoms with van der Waals surface area (Å²) >= 11 is 0. The first-order chi connectivity index (χ1) is 7.29. The molecule has 1 aliphatic carbocycles. The summed E-state index contributed by atoms with van der Waals surface area (Å²) in [6.07, 6.45) is 8.48. The lowest BCUT2D eigenvalue weighted by Crippen LogP contribution is -2.48. The second kappa shape index (κ2) is 5.31. The molecular formula is C13H26N2. The molecule has 2 fully saturated rings. The molecule has 15 heavy (non-hydrogen) atoms. The highest BCUT2D eigenvalue weighted by molar-refractivity contribution is 4.85. The predicted molar refractivity (Wildman–Crippen MR) is 65.1 cm³/mol. The van der Waals surface area contributed by atoms with Crippen molar-refractivity contribution in [1.82, 2.24) is 10.2 Å². The molecule has 0 spiro atoms. The van der Waals surface area contributed by atoms with Gasteiger partial charge < -0.3 is 10.2 Å². The third-order valence-electron chi connectivity index (χ3n) is 4.47. The molecule has 88 valence electrons. The van der Waals surface area contributed by atoms with E-state index in [0.717, 1.165) is 18.0 Å². The molecule has 1 saturated carbocycles. The van der Waals surface area contributed by atoms with Crippen molar-refractivity contribution in [2.24, 2.45) is 5.92 Å². The Labute approximate surface area is 94.4 Å². The Hall–Kier alpha value is -0.0800. The molecular weight excluding hydrogens is 184 g/mol. The van der Waals surface area contributed by atoms with E-state index in [4.69, 9.17) is 0 Å². The molecule has 2 nitrogen and oxygen atoms in total. The van der Waals surface area contributed by atoms with Gasteiger partial charge in [0.25, 0.3) is 0 Å². The monoisotopic (exact) mass is 210 g/mol. The van der Waals surface area contributed by atoms with Crippen LogP contribution in [0, 0.1) is 5.92 Å². The third-order valence-corrected chi connectivity index (χ3v) is 4.47. The molecule has 0 aromatic rings. The van der Waals surface area contributed by atoms with E-state index in [-0.39, 0.29) is 0 Å². The molecule has 0 unspecified atom stereocenters. The van der Waals surface area contributed by atoms with Gasteiger partial charge in [0.05, 0.1) is 0 Å². The fourth-order valence-corrected chi connectivity index (χ4v) is 3.39. The van der Waals surface area contributed by atoms with Crippen LogP contribution < -0.4 is 5.32 Å². The highest BCUT2D eigenvalue weighted by Gasteiger charge is 2.29. The van der Waals surface area contributed by atoms with Gasteiger partial charge in [-0.3, -0.25) is 0 Å². The van der Waals surface area contributed by atoms with E-state index in [1.165, 1.54) is 51.6 Å². The van der Waals surface area contributed by atoms with Crippen LogP contribution in [-0.2, 0) is 0 Å². The van der Waals surface area contributed by atoms with E-state index in [1.807, 2.05) is 0 Å². The number of nitrogens with one attached hydrogen (secondary N) is 1. The Morgan fingerprint density at radius 3 is 2.33 bits per heavy atom. The lowest BCUT2D eigenvalue weighted by Gasteiger charge is -2.42. The number of hydrogen-bond acceptors (Lipinski definition) is 2. The highest BCUT2D eigenvalue weighted by Crippen LogP contribution is 2.29. The number of hydrogen-bond donors (Lipinski definition) is 1. The Morgan fingerprint density at radius 2 is 1.67 bits per heavy atom. The van der Waals surface area contributed by atoms with Crippen molar-refractivity contribution < 1.29 is 0 Å². The molecule has 2 atom stereocenters. The minimum absolute atomic E-state index is 0.844. The predicted octanol–water partition coefficient (Wildman–Crippen LogP) is 2.25. The molecule has 0 bridgehead atoms. The van der Waals surface area contributed by atoms with E-state index in [9.17, 15) is 0 Å². The van der Waals surface area contributed by atoms with Gasteiger partial charge in [0.2, 0.25) is 0 Å². The first kappa shape index (κ1) is 11.4. The lowest BCUT2D eigenvalue weighted by atomic mass is 9.84. The fourth-order valence-electron chi connectivity index (χ4n) is 3.39. The van der Waals surface area contributed by atoms with E-state index in [1.54, 1.807) is 0 Å². The van der Waals surface area contributed by atoms with Crippen molar-refractivity contribution in [3.63, 3.8) is 0 Å². The number of rotatable bonds is 2. The zero-order chi connectivity index (χ0) is 10.7. The van der Waals surface area contributed by atoms with Crippen LogP contribution in [0.4, 0.5) is 0 Å². The minimum Gasteiger partial charge on any atom is -0.317 e. The maximum Gasteiger partial charge on any atom is 0.0121 e. The van der Waals surface area contributed by atoms with Crippen LogP contribution in [0.2, 0.25) is 0 Å². The zero-order valence-corrected chi connectivity index (χ0v) is 10.3. The lowest BCUT2D eigenvalue weighted by molar-refractivity contribution is 0.0807.